The molecule has 162 valence electrons. The monoisotopic (exact) mass is 422 g/mol. The SMILES string of the molecule is CCOC(=O)c1c(-c2cccc(C#N)c2)cc(C(=O)NCCN2CCOCC2)nc1C. The molecule has 31 heavy (non-hydrogen) atoms. The average molecular weight is 422 g/mol. The molecule has 1 aromatic carbocycles. The molecule has 3 rings (SSSR count). The van der Waals surface area contributed by atoms with Crippen molar-refractivity contribution in [3.63, 3.8) is 0 Å². The van der Waals surface area contributed by atoms with Gasteiger partial charge in [-0.2, -0.15) is 5.26 Å². The molecule has 1 aliphatic heterocycles. The normalized spacial score (nSPS) is 14.0. The molecule has 1 aliphatic rings. The molecule has 0 aliphatic carbocycles. The van der Waals surface area contributed by atoms with Gasteiger partial charge in [-0.25, -0.2) is 9.78 Å². The quantitative estimate of drug-likeness (QED) is 0.682. The van der Waals surface area contributed by atoms with Gasteiger partial charge < -0.3 is 14.8 Å². The van der Waals surface area contributed by atoms with Crippen molar-refractivity contribution in [3.05, 3.63) is 52.8 Å². The van der Waals surface area contributed by atoms with Crippen molar-refractivity contribution in [1.82, 2.24) is 15.2 Å². The van der Waals surface area contributed by atoms with E-state index in [1.165, 1.54) is 0 Å². The summed E-state index contributed by atoms with van der Waals surface area (Å²) in [6.07, 6.45) is 0. The molecule has 1 N–H and O–H groups in total. The van der Waals surface area contributed by atoms with E-state index in [1.807, 2.05) is 0 Å². The number of rotatable bonds is 7. The van der Waals surface area contributed by atoms with E-state index in [4.69, 9.17) is 9.47 Å². The number of carbonyl (C=O) groups excluding carboxylic acids is 2. The fourth-order valence-corrected chi connectivity index (χ4v) is 3.48. The maximum atomic E-state index is 12.8. The van der Waals surface area contributed by atoms with E-state index in [1.54, 1.807) is 44.2 Å². The van der Waals surface area contributed by atoms with Crippen molar-refractivity contribution in [2.45, 2.75) is 13.8 Å². The maximum absolute atomic E-state index is 12.8. The minimum atomic E-state index is -0.510. The second-order valence-electron chi connectivity index (χ2n) is 7.14. The molecule has 1 fully saturated rings. The first-order chi connectivity index (χ1) is 15.0. The van der Waals surface area contributed by atoms with Crippen LogP contribution in [0.2, 0.25) is 0 Å². The van der Waals surface area contributed by atoms with Crippen LogP contribution in [0.3, 0.4) is 0 Å². The Bertz CT molecular complexity index is 994. The van der Waals surface area contributed by atoms with Crippen molar-refractivity contribution in [1.29, 1.82) is 5.26 Å². The molecular formula is C23H26N4O4. The third-order valence-electron chi connectivity index (χ3n) is 5.03. The smallest absolute Gasteiger partial charge is 0.340 e. The van der Waals surface area contributed by atoms with Crippen molar-refractivity contribution in [2.75, 3.05) is 46.0 Å². The second-order valence-corrected chi connectivity index (χ2v) is 7.14. The van der Waals surface area contributed by atoms with Crippen LogP contribution in [0.25, 0.3) is 11.1 Å². The van der Waals surface area contributed by atoms with Crippen LogP contribution in [0.4, 0.5) is 0 Å². The van der Waals surface area contributed by atoms with Crippen molar-refractivity contribution in [3.8, 4) is 17.2 Å². The van der Waals surface area contributed by atoms with Crippen molar-refractivity contribution >= 4 is 11.9 Å². The Morgan fingerprint density at radius 3 is 2.77 bits per heavy atom. The molecular weight excluding hydrogens is 396 g/mol. The molecule has 0 radical (unpaired) electrons. The van der Waals surface area contributed by atoms with E-state index in [-0.39, 0.29) is 18.2 Å². The van der Waals surface area contributed by atoms with Gasteiger partial charge in [-0.3, -0.25) is 9.69 Å². The summed E-state index contributed by atoms with van der Waals surface area (Å²) in [4.78, 5) is 32.0. The first kappa shape index (κ1) is 22.4. The van der Waals surface area contributed by atoms with Crippen LogP contribution in [0, 0.1) is 18.3 Å². The number of nitrogens with zero attached hydrogens (tertiary/aromatic N) is 3. The first-order valence-corrected chi connectivity index (χ1v) is 10.3. The largest absolute Gasteiger partial charge is 0.462 e. The summed E-state index contributed by atoms with van der Waals surface area (Å²) >= 11 is 0. The number of amides is 1. The summed E-state index contributed by atoms with van der Waals surface area (Å²) in [5, 5.41) is 12.1. The zero-order valence-corrected chi connectivity index (χ0v) is 17.8. The predicted octanol–water partition coefficient (Wildman–Crippen LogP) is 2.17. The summed E-state index contributed by atoms with van der Waals surface area (Å²) in [5.41, 5.74) is 2.53. The molecule has 1 aromatic heterocycles. The van der Waals surface area contributed by atoms with E-state index >= 15 is 0 Å². The lowest BCUT2D eigenvalue weighted by Gasteiger charge is -2.26. The Balaban J connectivity index is 1.87. The van der Waals surface area contributed by atoms with Crippen LogP contribution in [0.15, 0.2) is 30.3 Å². The zero-order chi connectivity index (χ0) is 22.2. The minimum Gasteiger partial charge on any atom is -0.462 e. The molecule has 8 nitrogen and oxygen atoms in total. The number of pyridine rings is 1. The standard InChI is InChI=1S/C23H26N4O4/c1-3-31-23(29)21-16(2)26-20(14-19(21)18-6-4-5-17(13-18)15-24)22(28)25-7-8-27-9-11-30-12-10-27/h4-6,13-14H,3,7-12H2,1-2H3,(H,25,28). The highest BCUT2D eigenvalue weighted by molar-refractivity contribution is 6.01. The lowest BCUT2D eigenvalue weighted by Crippen LogP contribution is -2.41. The van der Waals surface area contributed by atoms with Gasteiger partial charge >= 0.3 is 5.97 Å². The van der Waals surface area contributed by atoms with Crippen LogP contribution in [-0.4, -0.2) is 67.8 Å². The Hall–Kier alpha value is -3.28. The summed E-state index contributed by atoms with van der Waals surface area (Å²) in [6.45, 7) is 7.94. The zero-order valence-electron chi connectivity index (χ0n) is 17.8. The van der Waals surface area contributed by atoms with Crippen LogP contribution >= 0.6 is 0 Å². The molecule has 0 spiro atoms. The number of hydrogen-bond donors (Lipinski definition) is 1. The lowest BCUT2D eigenvalue weighted by atomic mass is 9.96. The van der Waals surface area contributed by atoms with Gasteiger partial charge in [-0.1, -0.05) is 12.1 Å². The highest BCUT2D eigenvalue weighted by Crippen LogP contribution is 2.28. The van der Waals surface area contributed by atoms with E-state index in [0.29, 0.717) is 47.7 Å². The maximum Gasteiger partial charge on any atom is 0.340 e. The van der Waals surface area contributed by atoms with Crippen LogP contribution in [0.5, 0.6) is 0 Å². The Labute approximate surface area is 181 Å². The van der Waals surface area contributed by atoms with Crippen molar-refractivity contribution < 1.29 is 19.1 Å². The average Bonchev–Trinajstić information content (AvgIpc) is 2.79. The molecule has 2 heterocycles. The molecule has 1 amide bonds. The van der Waals surface area contributed by atoms with Gasteiger partial charge in [-0.05, 0) is 37.6 Å². The van der Waals surface area contributed by atoms with Gasteiger partial charge in [0.25, 0.3) is 5.91 Å². The number of morpholine rings is 1. The highest BCUT2D eigenvalue weighted by Gasteiger charge is 2.22. The Morgan fingerprint density at radius 1 is 1.29 bits per heavy atom. The fraction of sp³-hybridized carbons (Fsp3) is 0.391. The van der Waals surface area contributed by atoms with Gasteiger partial charge in [-0.15, -0.1) is 0 Å². The van der Waals surface area contributed by atoms with Crippen molar-refractivity contribution in [2.24, 2.45) is 0 Å². The van der Waals surface area contributed by atoms with Crippen LogP contribution < -0.4 is 5.32 Å². The topological polar surface area (TPSA) is 105 Å². The number of ether oxygens (including phenoxy) is 2. The molecule has 8 heteroatoms. The molecule has 0 saturated carbocycles. The van der Waals surface area contributed by atoms with E-state index in [9.17, 15) is 14.9 Å². The van der Waals surface area contributed by atoms with Crippen LogP contribution in [0.1, 0.15) is 39.0 Å². The number of nitriles is 1. The lowest BCUT2D eigenvalue weighted by molar-refractivity contribution is 0.0383. The number of benzene rings is 1. The summed E-state index contributed by atoms with van der Waals surface area (Å²) in [6, 6.07) is 10.6. The van der Waals surface area contributed by atoms with E-state index in [0.717, 1.165) is 19.6 Å². The van der Waals surface area contributed by atoms with E-state index < -0.39 is 5.97 Å². The molecule has 0 atom stereocenters. The number of nitrogens with one attached hydrogen (secondary N) is 1. The van der Waals surface area contributed by atoms with Gasteiger partial charge in [0.15, 0.2) is 0 Å². The van der Waals surface area contributed by atoms with Gasteiger partial charge in [0.1, 0.15) is 5.69 Å². The van der Waals surface area contributed by atoms with Gasteiger partial charge in [0.2, 0.25) is 0 Å². The van der Waals surface area contributed by atoms with Gasteiger partial charge in [0.05, 0.1) is 42.7 Å². The third-order valence-corrected chi connectivity index (χ3v) is 5.03. The Morgan fingerprint density at radius 2 is 2.06 bits per heavy atom. The Kier molecular flexibility index (Phi) is 7.70. The minimum absolute atomic E-state index is 0.213. The first-order valence-electron chi connectivity index (χ1n) is 10.3. The number of aryl methyl sites for hydroxylation is 1. The molecule has 2 aromatic rings. The molecule has 1 saturated heterocycles. The third kappa shape index (κ3) is 5.66. The second kappa shape index (κ2) is 10.7. The van der Waals surface area contributed by atoms with Gasteiger partial charge in [0, 0.05) is 31.7 Å². The fourth-order valence-electron chi connectivity index (χ4n) is 3.48. The summed E-state index contributed by atoms with van der Waals surface area (Å²) in [5.74, 6) is -0.825. The molecule has 0 unspecified atom stereocenters. The van der Waals surface area contributed by atoms with Crippen LogP contribution in [-0.2, 0) is 9.47 Å². The summed E-state index contributed by atoms with van der Waals surface area (Å²) in [7, 11) is 0. The number of hydrogen-bond acceptors (Lipinski definition) is 7. The highest BCUT2D eigenvalue weighted by atomic mass is 16.5. The number of aromatic nitrogens is 1. The number of esters is 1. The van der Waals surface area contributed by atoms with E-state index in [2.05, 4.69) is 21.3 Å². The predicted molar refractivity (Wildman–Crippen MR) is 115 cm³/mol. The molecule has 0 bridgehead atoms. The summed E-state index contributed by atoms with van der Waals surface area (Å²) < 4.78 is 10.5. The number of carbonyl (C=O) groups is 2.